The van der Waals surface area contributed by atoms with E-state index in [2.05, 4.69) is 15.6 Å². The van der Waals surface area contributed by atoms with E-state index in [-0.39, 0.29) is 35.0 Å². The second-order valence-electron chi connectivity index (χ2n) is 5.87. The van der Waals surface area contributed by atoms with Gasteiger partial charge in [-0.15, -0.1) is 24.0 Å². The number of halogens is 1. The fourth-order valence-electron chi connectivity index (χ4n) is 2.41. The number of nitrogens with zero attached hydrogens (tertiary/aromatic N) is 2. The van der Waals surface area contributed by atoms with Gasteiger partial charge in [-0.2, -0.15) is 0 Å². The second kappa shape index (κ2) is 10.3. The van der Waals surface area contributed by atoms with Crippen molar-refractivity contribution in [3.63, 3.8) is 0 Å². The Morgan fingerprint density at radius 3 is 2.48 bits per heavy atom. The quantitative estimate of drug-likeness (QED) is 0.364. The third kappa shape index (κ3) is 6.39. The lowest BCUT2D eigenvalue weighted by molar-refractivity contribution is 0.114. The SMILES string of the molecule is CN=C(NCc1ccc(S(=O)(=O)N(C)C)cc1)NCC1CCCO1.I. The molecule has 0 saturated carbocycles. The van der Waals surface area contributed by atoms with Crippen LogP contribution in [0.15, 0.2) is 34.2 Å². The lowest BCUT2D eigenvalue weighted by atomic mass is 10.2. The first-order valence-electron chi connectivity index (χ1n) is 8.01. The van der Waals surface area contributed by atoms with Crippen molar-refractivity contribution in [2.24, 2.45) is 4.99 Å². The molecule has 142 valence electrons. The Hall–Kier alpha value is -0.910. The summed E-state index contributed by atoms with van der Waals surface area (Å²) in [6.07, 6.45) is 2.44. The van der Waals surface area contributed by atoms with Gasteiger partial charge in [-0.3, -0.25) is 4.99 Å². The monoisotopic (exact) mass is 482 g/mol. The van der Waals surface area contributed by atoms with Gasteiger partial charge in [-0.25, -0.2) is 12.7 Å². The number of guanidine groups is 1. The minimum atomic E-state index is -3.38. The van der Waals surface area contributed by atoms with Crippen LogP contribution in [-0.4, -0.2) is 59.1 Å². The number of hydrogen-bond donors (Lipinski definition) is 2. The summed E-state index contributed by atoms with van der Waals surface area (Å²) in [6, 6.07) is 6.84. The van der Waals surface area contributed by atoms with Gasteiger partial charge in [0.15, 0.2) is 5.96 Å². The van der Waals surface area contributed by atoms with E-state index in [1.54, 1.807) is 31.3 Å². The molecule has 1 atom stereocenters. The zero-order valence-electron chi connectivity index (χ0n) is 14.9. The van der Waals surface area contributed by atoms with E-state index in [4.69, 9.17) is 4.74 Å². The van der Waals surface area contributed by atoms with Crippen LogP contribution in [0.25, 0.3) is 0 Å². The zero-order chi connectivity index (χ0) is 17.6. The van der Waals surface area contributed by atoms with Crippen molar-refractivity contribution in [1.82, 2.24) is 14.9 Å². The molecule has 25 heavy (non-hydrogen) atoms. The normalized spacial score (nSPS) is 18.1. The van der Waals surface area contributed by atoms with Crippen LogP contribution in [-0.2, 0) is 21.3 Å². The molecule has 1 aliphatic rings. The number of benzene rings is 1. The van der Waals surface area contributed by atoms with Gasteiger partial charge in [-0.05, 0) is 30.5 Å². The zero-order valence-corrected chi connectivity index (χ0v) is 18.0. The van der Waals surface area contributed by atoms with Crippen LogP contribution in [0.3, 0.4) is 0 Å². The molecule has 1 unspecified atom stereocenters. The topological polar surface area (TPSA) is 83.0 Å². The molecule has 0 bridgehead atoms. The Balaban J connectivity index is 0.00000312. The largest absolute Gasteiger partial charge is 0.376 e. The van der Waals surface area contributed by atoms with E-state index in [1.807, 2.05) is 0 Å². The smallest absolute Gasteiger partial charge is 0.242 e. The summed E-state index contributed by atoms with van der Waals surface area (Å²) in [4.78, 5) is 4.47. The van der Waals surface area contributed by atoms with Gasteiger partial charge in [-0.1, -0.05) is 12.1 Å². The molecule has 0 radical (unpaired) electrons. The molecular weight excluding hydrogens is 455 g/mol. The van der Waals surface area contributed by atoms with E-state index in [1.165, 1.54) is 18.4 Å². The fourth-order valence-corrected chi connectivity index (χ4v) is 3.31. The molecule has 2 N–H and O–H groups in total. The Bertz CT molecular complexity index is 656. The molecule has 1 aromatic rings. The summed E-state index contributed by atoms with van der Waals surface area (Å²) >= 11 is 0. The Kier molecular flexibility index (Phi) is 9.11. The van der Waals surface area contributed by atoms with Gasteiger partial charge in [0.05, 0.1) is 11.0 Å². The minimum absolute atomic E-state index is 0. The molecule has 7 nitrogen and oxygen atoms in total. The summed E-state index contributed by atoms with van der Waals surface area (Å²) in [5.74, 6) is 0.704. The maximum absolute atomic E-state index is 12.0. The fraction of sp³-hybridized carbons (Fsp3) is 0.562. The van der Waals surface area contributed by atoms with Gasteiger partial charge < -0.3 is 15.4 Å². The number of aliphatic imine (C=N–C) groups is 1. The summed E-state index contributed by atoms with van der Waals surface area (Å²) in [6.45, 7) is 2.13. The van der Waals surface area contributed by atoms with E-state index < -0.39 is 10.0 Å². The molecule has 1 heterocycles. The summed E-state index contributed by atoms with van der Waals surface area (Å²) < 4.78 is 30.8. The van der Waals surface area contributed by atoms with Crippen molar-refractivity contribution in [3.8, 4) is 0 Å². The highest BCUT2D eigenvalue weighted by Crippen LogP contribution is 2.14. The van der Waals surface area contributed by atoms with Crippen LogP contribution in [0.5, 0.6) is 0 Å². The van der Waals surface area contributed by atoms with Crippen LogP contribution in [0, 0.1) is 0 Å². The molecule has 2 rings (SSSR count). The molecular formula is C16H27IN4O3S. The van der Waals surface area contributed by atoms with Crippen LogP contribution >= 0.6 is 24.0 Å². The summed E-state index contributed by atoms with van der Waals surface area (Å²) in [7, 11) is 1.38. The summed E-state index contributed by atoms with van der Waals surface area (Å²) in [5, 5.41) is 6.46. The molecule has 1 fully saturated rings. The summed E-state index contributed by atoms with van der Waals surface area (Å²) in [5.41, 5.74) is 0.979. The highest BCUT2D eigenvalue weighted by atomic mass is 127. The standard InChI is InChI=1S/C16H26N4O3S.HI/c1-17-16(19-12-14-5-4-10-23-14)18-11-13-6-8-15(9-7-13)24(21,22)20(2)3;/h6-9,14H,4-5,10-12H2,1-3H3,(H2,17,18,19);1H. The number of hydrogen-bond acceptors (Lipinski definition) is 4. The Labute approximate surface area is 167 Å². The number of nitrogens with one attached hydrogen (secondary N) is 2. The molecule has 1 aromatic carbocycles. The first-order valence-corrected chi connectivity index (χ1v) is 9.45. The van der Waals surface area contributed by atoms with Gasteiger partial charge in [0.25, 0.3) is 0 Å². The highest BCUT2D eigenvalue weighted by molar-refractivity contribution is 14.0. The molecule has 9 heteroatoms. The Morgan fingerprint density at radius 1 is 1.28 bits per heavy atom. The van der Waals surface area contributed by atoms with Crippen molar-refractivity contribution >= 4 is 40.0 Å². The molecule has 0 aliphatic carbocycles. The second-order valence-corrected chi connectivity index (χ2v) is 8.02. The molecule has 0 spiro atoms. The van der Waals surface area contributed by atoms with Gasteiger partial charge in [0, 0.05) is 40.8 Å². The van der Waals surface area contributed by atoms with Crippen LogP contribution in [0.4, 0.5) is 0 Å². The van der Waals surface area contributed by atoms with Gasteiger partial charge in [0.1, 0.15) is 0 Å². The van der Waals surface area contributed by atoms with E-state index in [9.17, 15) is 8.42 Å². The van der Waals surface area contributed by atoms with Crippen LogP contribution < -0.4 is 10.6 Å². The number of rotatable bonds is 6. The van der Waals surface area contributed by atoms with E-state index in [0.717, 1.165) is 31.6 Å². The molecule has 0 amide bonds. The minimum Gasteiger partial charge on any atom is -0.376 e. The molecule has 1 aliphatic heterocycles. The van der Waals surface area contributed by atoms with Crippen LogP contribution in [0.1, 0.15) is 18.4 Å². The first kappa shape index (κ1) is 22.1. The maximum atomic E-state index is 12.0. The lowest BCUT2D eigenvalue weighted by Gasteiger charge is -2.15. The number of ether oxygens (including phenoxy) is 1. The average Bonchev–Trinajstić information content (AvgIpc) is 3.08. The van der Waals surface area contributed by atoms with E-state index in [0.29, 0.717) is 12.5 Å². The third-order valence-corrected chi connectivity index (χ3v) is 5.74. The maximum Gasteiger partial charge on any atom is 0.242 e. The van der Waals surface area contributed by atoms with Gasteiger partial charge >= 0.3 is 0 Å². The van der Waals surface area contributed by atoms with Crippen molar-refractivity contribution in [2.75, 3.05) is 34.3 Å². The average molecular weight is 482 g/mol. The van der Waals surface area contributed by atoms with Crippen molar-refractivity contribution in [2.45, 2.75) is 30.4 Å². The lowest BCUT2D eigenvalue weighted by Crippen LogP contribution is -2.40. The predicted molar refractivity (Wildman–Crippen MR) is 110 cm³/mol. The van der Waals surface area contributed by atoms with Crippen molar-refractivity contribution < 1.29 is 13.2 Å². The molecule has 1 saturated heterocycles. The predicted octanol–water partition coefficient (Wildman–Crippen LogP) is 1.40. The van der Waals surface area contributed by atoms with Gasteiger partial charge in [0.2, 0.25) is 10.0 Å². The van der Waals surface area contributed by atoms with Crippen LogP contribution in [0.2, 0.25) is 0 Å². The van der Waals surface area contributed by atoms with E-state index >= 15 is 0 Å². The molecule has 0 aromatic heterocycles. The van der Waals surface area contributed by atoms with Crippen molar-refractivity contribution in [3.05, 3.63) is 29.8 Å². The first-order chi connectivity index (χ1) is 11.4. The van der Waals surface area contributed by atoms with Crippen molar-refractivity contribution in [1.29, 1.82) is 0 Å². The number of sulfonamides is 1. The highest BCUT2D eigenvalue weighted by Gasteiger charge is 2.17. The third-order valence-electron chi connectivity index (χ3n) is 3.91. The Morgan fingerprint density at radius 2 is 1.96 bits per heavy atom.